The largest absolute Gasteiger partial charge is 0.455 e. The molecule has 0 heterocycles. The van der Waals surface area contributed by atoms with Crippen LogP contribution in [0.1, 0.15) is 25.8 Å². The molecule has 0 saturated heterocycles. The maximum atomic E-state index is 12.6. The van der Waals surface area contributed by atoms with Gasteiger partial charge < -0.3 is 10.1 Å². The number of nitrogens with one attached hydrogen (secondary N) is 1. The summed E-state index contributed by atoms with van der Waals surface area (Å²) in [5, 5.41) is 3.34. The first-order valence-corrected chi connectivity index (χ1v) is 12.6. The molecule has 0 aliphatic carbocycles. The molecule has 3 rings (SSSR count). The number of para-hydroxylation sites is 1. The van der Waals surface area contributed by atoms with Crippen molar-refractivity contribution in [2.45, 2.75) is 31.6 Å². The zero-order valence-corrected chi connectivity index (χ0v) is 20.2. The first-order valence-electron chi connectivity index (χ1n) is 10.7. The van der Waals surface area contributed by atoms with E-state index in [1.807, 2.05) is 44.2 Å². The van der Waals surface area contributed by atoms with E-state index in [1.165, 1.54) is 4.31 Å². The lowest BCUT2D eigenvalue weighted by Gasteiger charge is -2.18. The minimum absolute atomic E-state index is 0.199. The number of halogens is 1. The standard InChI is InChI=1S/C25H27ClN2O4S/c1-3-28(4-2)33(30,31)22-14-10-19(11-15-22)12-17-25(29)27-23-18-20(26)13-16-24(23)32-21-8-6-5-7-9-21/h5-11,13-16,18H,3-4,12,17H2,1-2H3,(H,27,29). The highest BCUT2D eigenvalue weighted by Crippen LogP contribution is 2.32. The number of carbonyl (C=O) groups excluding carboxylic acids is 1. The van der Waals surface area contributed by atoms with Crippen molar-refractivity contribution in [3.8, 4) is 11.5 Å². The first kappa shape index (κ1) is 24.8. The van der Waals surface area contributed by atoms with Crippen LogP contribution in [0, 0.1) is 0 Å². The molecular formula is C25H27ClN2O4S. The SMILES string of the molecule is CCN(CC)S(=O)(=O)c1ccc(CCC(=O)Nc2cc(Cl)ccc2Oc2ccccc2)cc1. The van der Waals surface area contributed by atoms with Crippen LogP contribution in [0.4, 0.5) is 5.69 Å². The van der Waals surface area contributed by atoms with Crippen molar-refractivity contribution in [2.24, 2.45) is 0 Å². The molecule has 0 radical (unpaired) electrons. The number of amides is 1. The second-order valence-electron chi connectivity index (χ2n) is 7.34. The minimum atomic E-state index is -3.50. The smallest absolute Gasteiger partial charge is 0.243 e. The molecule has 0 unspecified atom stereocenters. The molecule has 3 aromatic carbocycles. The Morgan fingerprint density at radius 1 is 0.970 bits per heavy atom. The third-order valence-corrected chi connectivity index (χ3v) is 7.39. The Bertz CT molecular complexity index is 1180. The molecule has 1 amide bonds. The molecular weight excluding hydrogens is 460 g/mol. The molecule has 3 aromatic rings. The Labute approximate surface area is 200 Å². The van der Waals surface area contributed by atoms with Crippen LogP contribution in [0.3, 0.4) is 0 Å². The van der Waals surface area contributed by atoms with Crippen LogP contribution in [0.5, 0.6) is 11.5 Å². The van der Waals surface area contributed by atoms with Crippen molar-refractivity contribution in [1.29, 1.82) is 0 Å². The van der Waals surface area contributed by atoms with E-state index in [-0.39, 0.29) is 17.2 Å². The van der Waals surface area contributed by atoms with E-state index in [0.29, 0.717) is 41.7 Å². The van der Waals surface area contributed by atoms with Crippen molar-refractivity contribution in [3.05, 3.63) is 83.4 Å². The number of nitrogens with zero attached hydrogens (tertiary/aromatic N) is 1. The summed E-state index contributed by atoms with van der Waals surface area (Å²) in [7, 11) is -3.50. The number of ether oxygens (including phenoxy) is 1. The van der Waals surface area contributed by atoms with Crippen LogP contribution in [-0.4, -0.2) is 31.7 Å². The molecule has 0 bridgehead atoms. The number of benzene rings is 3. The van der Waals surface area contributed by atoms with E-state index in [4.69, 9.17) is 16.3 Å². The van der Waals surface area contributed by atoms with Crippen LogP contribution in [0.15, 0.2) is 77.7 Å². The quantitative estimate of drug-likeness (QED) is 0.397. The van der Waals surface area contributed by atoms with Crippen molar-refractivity contribution in [2.75, 3.05) is 18.4 Å². The Morgan fingerprint density at radius 3 is 2.27 bits per heavy atom. The number of anilines is 1. The fraction of sp³-hybridized carbons (Fsp3) is 0.240. The van der Waals surface area contributed by atoms with Gasteiger partial charge in [0.25, 0.3) is 0 Å². The topological polar surface area (TPSA) is 75.7 Å². The summed E-state index contributed by atoms with van der Waals surface area (Å²) < 4.78 is 32.5. The Hall–Kier alpha value is -2.87. The summed E-state index contributed by atoms with van der Waals surface area (Å²) in [5.74, 6) is 0.940. The summed E-state index contributed by atoms with van der Waals surface area (Å²) in [5.41, 5.74) is 1.35. The molecule has 0 aliphatic heterocycles. The normalized spacial score (nSPS) is 11.4. The zero-order chi connectivity index (χ0) is 23.8. The predicted molar refractivity (Wildman–Crippen MR) is 131 cm³/mol. The van der Waals surface area contributed by atoms with Gasteiger partial charge in [-0.15, -0.1) is 0 Å². The fourth-order valence-corrected chi connectivity index (χ4v) is 4.95. The molecule has 33 heavy (non-hydrogen) atoms. The van der Waals surface area contributed by atoms with E-state index < -0.39 is 10.0 Å². The molecule has 6 nitrogen and oxygen atoms in total. The first-order chi connectivity index (χ1) is 15.8. The third kappa shape index (κ3) is 6.57. The van der Waals surface area contributed by atoms with Gasteiger partial charge in [0.05, 0.1) is 10.6 Å². The van der Waals surface area contributed by atoms with E-state index in [9.17, 15) is 13.2 Å². The molecule has 0 aromatic heterocycles. The molecule has 8 heteroatoms. The van der Waals surface area contributed by atoms with Crippen molar-refractivity contribution in [1.82, 2.24) is 4.31 Å². The van der Waals surface area contributed by atoms with Gasteiger partial charge in [-0.1, -0.05) is 55.8 Å². The Kier molecular flexibility index (Phi) is 8.49. The zero-order valence-electron chi connectivity index (χ0n) is 18.6. The molecule has 0 spiro atoms. The van der Waals surface area contributed by atoms with Crippen LogP contribution in [0.2, 0.25) is 5.02 Å². The third-order valence-electron chi connectivity index (χ3n) is 5.09. The lowest BCUT2D eigenvalue weighted by molar-refractivity contribution is -0.116. The summed E-state index contributed by atoms with van der Waals surface area (Å²) in [6.45, 7) is 4.45. The number of carbonyl (C=O) groups is 1. The van der Waals surface area contributed by atoms with Crippen LogP contribution in [0.25, 0.3) is 0 Å². The van der Waals surface area contributed by atoms with E-state index in [1.54, 1.807) is 42.5 Å². The van der Waals surface area contributed by atoms with Crippen LogP contribution >= 0.6 is 11.6 Å². The molecule has 1 N–H and O–H groups in total. The van der Waals surface area contributed by atoms with Crippen LogP contribution < -0.4 is 10.1 Å². The highest BCUT2D eigenvalue weighted by Gasteiger charge is 2.21. The maximum Gasteiger partial charge on any atom is 0.243 e. The number of sulfonamides is 1. The lowest BCUT2D eigenvalue weighted by atomic mass is 10.1. The van der Waals surface area contributed by atoms with Gasteiger partial charge in [0.15, 0.2) is 5.75 Å². The van der Waals surface area contributed by atoms with Gasteiger partial charge in [-0.25, -0.2) is 8.42 Å². The monoisotopic (exact) mass is 486 g/mol. The van der Waals surface area contributed by atoms with E-state index >= 15 is 0 Å². The Balaban J connectivity index is 1.63. The van der Waals surface area contributed by atoms with Gasteiger partial charge in [-0.2, -0.15) is 4.31 Å². The second-order valence-corrected chi connectivity index (χ2v) is 9.71. The molecule has 174 valence electrons. The van der Waals surface area contributed by atoms with Gasteiger partial charge in [0.1, 0.15) is 5.75 Å². The van der Waals surface area contributed by atoms with Gasteiger partial charge in [0.2, 0.25) is 15.9 Å². The number of rotatable bonds is 10. The van der Waals surface area contributed by atoms with Gasteiger partial charge >= 0.3 is 0 Å². The number of aryl methyl sites for hydroxylation is 1. The Morgan fingerprint density at radius 2 is 1.64 bits per heavy atom. The molecule has 0 fully saturated rings. The van der Waals surface area contributed by atoms with Crippen LogP contribution in [-0.2, 0) is 21.2 Å². The number of hydrogen-bond acceptors (Lipinski definition) is 4. The van der Waals surface area contributed by atoms with Gasteiger partial charge in [0, 0.05) is 24.5 Å². The van der Waals surface area contributed by atoms with E-state index in [0.717, 1.165) is 5.56 Å². The second kappa shape index (κ2) is 11.3. The average Bonchev–Trinajstić information content (AvgIpc) is 2.81. The molecule has 0 aliphatic rings. The minimum Gasteiger partial charge on any atom is -0.455 e. The van der Waals surface area contributed by atoms with E-state index in [2.05, 4.69) is 5.32 Å². The van der Waals surface area contributed by atoms with Gasteiger partial charge in [-0.05, 0) is 54.4 Å². The summed E-state index contributed by atoms with van der Waals surface area (Å²) in [4.78, 5) is 12.8. The maximum absolute atomic E-state index is 12.6. The molecule has 0 atom stereocenters. The fourth-order valence-electron chi connectivity index (χ4n) is 3.32. The highest BCUT2D eigenvalue weighted by atomic mass is 35.5. The van der Waals surface area contributed by atoms with Crippen molar-refractivity contribution < 1.29 is 17.9 Å². The van der Waals surface area contributed by atoms with Crippen molar-refractivity contribution >= 4 is 33.2 Å². The lowest BCUT2D eigenvalue weighted by Crippen LogP contribution is -2.30. The average molecular weight is 487 g/mol. The highest BCUT2D eigenvalue weighted by molar-refractivity contribution is 7.89. The predicted octanol–water partition coefficient (Wildman–Crippen LogP) is 5.73. The van der Waals surface area contributed by atoms with Crippen molar-refractivity contribution in [3.63, 3.8) is 0 Å². The summed E-state index contributed by atoms with van der Waals surface area (Å²) >= 11 is 6.11. The summed E-state index contributed by atoms with van der Waals surface area (Å²) in [6.07, 6.45) is 0.687. The number of hydrogen-bond donors (Lipinski definition) is 1. The molecule has 0 saturated carbocycles. The van der Waals surface area contributed by atoms with Gasteiger partial charge in [-0.3, -0.25) is 4.79 Å². The summed E-state index contributed by atoms with van der Waals surface area (Å²) in [6, 6.07) is 21.0.